The molecule has 0 heterocycles. The molecule has 104 valence electrons. The Kier molecular flexibility index (Phi) is 6.73. The third kappa shape index (κ3) is 5.48. The maximum absolute atomic E-state index is 10.9. The van der Waals surface area contributed by atoms with E-state index in [2.05, 4.69) is 4.99 Å². The van der Waals surface area contributed by atoms with Crippen molar-refractivity contribution >= 4 is 17.8 Å². The second-order valence-electron chi connectivity index (χ2n) is 4.06. The lowest BCUT2D eigenvalue weighted by Crippen LogP contribution is -2.54. The Hall–Kier alpha value is -1.83. The number of nitrogens with two attached hydrogens (primary N) is 4. The second kappa shape index (κ2) is 7.49. The van der Waals surface area contributed by atoms with Crippen molar-refractivity contribution in [2.24, 2.45) is 27.9 Å². The molecule has 0 rings (SSSR count). The van der Waals surface area contributed by atoms with Crippen LogP contribution >= 0.6 is 0 Å². The maximum atomic E-state index is 10.9. The fraction of sp³-hybridized carbons (Fsp3) is 0.700. The van der Waals surface area contributed by atoms with Gasteiger partial charge in [0.05, 0.1) is 0 Å². The van der Waals surface area contributed by atoms with Gasteiger partial charge in [0.15, 0.2) is 5.96 Å². The summed E-state index contributed by atoms with van der Waals surface area (Å²) in [5.74, 6) is -2.18. The predicted octanol–water partition coefficient (Wildman–Crippen LogP) is -2.09. The lowest BCUT2D eigenvalue weighted by Gasteiger charge is -2.20. The molecule has 0 fully saturated rings. The van der Waals surface area contributed by atoms with Gasteiger partial charge in [-0.25, -0.2) is 0 Å². The number of aliphatic hydroxyl groups is 1. The minimum absolute atomic E-state index is 0.0480. The van der Waals surface area contributed by atoms with Crippen LogP contribution in [0.2, 0.25) is 0 Å². The van der Waals surface area contributed by atoms with E-state index in [-0.39, 0.29) is 12.4 Å². The summed E-state index contributed by atoms with van der Waals surface area (Å²) in [5, 5.41) is 9.64. The first-order chi connectivity index (χ1) is 8.30. The Labute approximate surface area is 105 Å². The van der Waals surface area contributed by atoms with Crippen LogP contribution in [0.1, 0.15) is 32.1 Å². The fourth-order valence-electron chi connectivity index (χ4n) is 1.42. The van der Waals surface area contributed by atoms with E-state index in [1.54, 1.807) is 0 Å². The first kappa shape index (κ1) is 16.2. The lowest BCUT2D eigenvalue weighted by molar-refractivity contribution is -0.150. The van der Waals surface area contributed by atoms with Gasteiger partial charge >= 0.3 is 0 Å². The zero-order chi connectivity index (χ0) is 14.2. The topological polar surface area (TPSA) is 171 Å². The monoisotopic (exact) mass is 259 g/mol. The third-order valence-electron chi connectivity index (χ3n) is 2.56. The van der Waals surface area contributed by atoms with Crippen molar-refractivity contribution in [2.75, 3.05) is 6.54 Å². The van der Waals surface area contributed by atoms with Crippen molar-refractivity contribution in [3.8, 4) is 0 Å². The smallest absolute Gasteiger partial charge is 0.259 e. The molecule has 0 bridgehead atoms. The maximum Gasteiger partial charge on any atom is 0.259 e. The SMILES string of the molecule is NC(=O)C(O)(CCCCCCN=C(N)N)C(N)=O. The highest BCUT2D eigenvalue weighted by molar-refractivity contribution is 6.06. The molecule has 2 amide bonds. The first-order valence-corrected chi connectivity index (χ1v) is 5.68. The van der Waals surface area contributed by atoms with Crippen LogP contribution in [-0.2, 0) is 9.59 Å². The molecule has 0 aromatic rings. The summed E-state index contributed by atoms with van der Waals surface area (Å²) in [6.45, 7) is 0.526. The summed E-state index contributed by atoms with van der Waals surface area (Å²) in [6, 6.07) is 0. The molecule has 0 aromatic carbocycles. The highest BCUT2D eigenvalue weighted by atomic mass is 16.3. The predicted molar refractivity (Wildman–Crippen MR) is 67.1 cm³/mol. The van der Waals surface area contributed by atoms with Crippen LogP contribution in [0.5, 0.6) is 0 Å². The number of hydrogen-bond donors (Lipinski definition) is 5. The van der Waals surface area contributed by atoms with Crippen LogP contribution in [0.4, 0.5) is 0 Å². The molecular formula is C10H21N5O3. The average Bonchev–Trinajstić information content (AvgIpc) is 2.26. The molecule has 0 atom stereocenters. The van der Waals surface area contributed by atoms with Gasteiger partial charge in [0.25, 0.3) is 11.8 Å². The Bertz CT molecular complexity index is 311. The van der Waals surface area contributed by atoms with E-state index >= 15 is 0 Å². The number of carbonyl (C=O) groups is 2. The van der Waals surface area contributed by atoms with Gasteiger partial charge in [-0.05, 0) is 19.3 Å². The molecule has 0 spiro atoms. The van der Waals surface area contributed by atoms with Crippen molar-refractivity contribution in [1.29, 1.82) is 0 Å². The number of primary amides is 2. The van der Waals surface area contributed by atoms with Gasteiger partial charge in [-0.1, -0.05) is 12.8 Å². The van der Waals surface area contributed by atoms with Gasteiger partial charge < -0.3 is 28.0 Å². The summed E-state index contributed by atoms with van der Waals surface area (Å²) in [4.78, 5) is 25.7. The molecule has 8 heteroatoms. The van der Waals surface area contributed by atoms with Gasteiger partial charge in [-0.2, -0.15) is 0 Å². The van der Waals surface area contributed by atoms with E-state index in [1.807, 2.05) is 0 Å². The molecule has 0 aliphatic rings. The average molecular weight is 259 g/mol. The molecule has 9 N–H and O–H groups in total. The summed E-state index contributed by atoms with van der Waals surface area (Å²) in [6.07, 6.45) is 2.70. The van der Waals surface area contributed by atoms with Gasteiger partial charge in [0, 0.05) is 6.54 Å². The number of guanidine groups is 1. The molecule has 0 aliphatic carbocycles. The summed E-state index contributed by atoms with van der Waals surface area (Å²) in [7, 11) is 0. The zero-order valence-corrected chi connectivity index (χ0v) is 10.3. The Morgan fingerprint density at radius 1 is 0.944 bits per heavy atom. The standard InChI is InChI=1S/C10H21N5O3/c11-7(16)10(18,8(12)17)5-3-1-2-4-6-15-9(13)14/h18H,1-6H2,(H2,11,16)(H2,12,17)(H4,13,14,15). The van der Waals surface area contributed by atoms with E-state index in [4.69, 9.17) is 22.9 Å². The molecule has 0 saturated heterocycles. The van der Waals surface area contributed by atoms with Crippen molar-refractivity contribution in [1.82, 2.24) is 0 Å². The minimum Gasteiger partial charge on any atom is -0.372 e. The number of aliphatic imine (C=N–C) groups is 1. The Balaban J connectivity index is 3.86. The number of carbonyl (C=O) groups excluding carboxylic acids is 2. The highest BCUT2D eigenvalue weighted by Gasteiger charge is 2.39. The molecule has 8 nitrogen and oxygen atoms in total. The summed E-state index contributed by atoms with van der Waals surface area (Å²) >= 11 is 0. The van der Waals surface area contributed by atoms with Gasteiger partial charge in [-0.3, -0.25) is 14.6 Å². The molecule has 0 aromatic heterocycles. The molecule has 0 radical (unpaired) electrons. The quantitative estimate of drug-likeness (QED) is 0.138. The third-order valence-corrected chi connectivity index (χ3v) is 2.56. The zero-order valence-electron chi connectivity index (χ0n) is 10.3. The van der Waals surface area contributed by atoms with E-state index in [0.717, 1.165) is 12.8 Å². The highest BCUT2D eigenvalue weighted by Crippen LogP contribution is 2.15. The molecular weight excluding hydrogens is 238 g/mol. The number of unbranched alkanes of at least 4 members (excludes halogenated alkanes) is 3. The van der Waals surface area contributed by atoms with E-state index in [9.17, 15) is 14.7 Å². The Morgan fingerprint density at radius 3 is 1.89 bits per heavy atom. The number of hydrogen-bond acceptors (Lipinski definition) is 4. The van der Waals surface area contributed by atoms with Crippen LogP contribution in [0.15, 0.2) is 4.99 Å². The van der Waals surface area contributed by atoms with Gasteiger partial charge in [0.1, 0.15) is 0 Å². The minimum atomic E-state index is -2.25. The van der Waals surface area contributed by atoms with Gasteiger partial charge in [-0.15, -0.1) is 0 Å². The molecule has 0 unspecified atom stereocenters. The summed E-state index contributed by atoms with van der Waals surface area (Å²) in [5.41, 5.74) is 17.9. The van der Waals surface area contributed by atoms with Gasteiger partial charge in [0.2, 0.25) is 5.60 Å². The van der Waals surface area contributed by atoms with E-state index in [0.29, 0.717) is 19.4 Å². The molecule has 0 aliphatic heterocycles. The van der Waals surface area contributed by atoms with Crippen LogP contribution in [0, 0.1) is 0 Å². The van der Waals surface area contributed by atoms with Crippen LogP contribution in [0.3, 0.4) is 0 Å². The van der Waals surface area contributed by atoms with Crippen LogP contribution < -0.4 is 22.9 Å². The Morgan fingerprint density at radius 2 is 1.44 bits per heavy atom. The largest absolute Gasteiger partial charge is 0.372 e. The van der Waals surface area contributed by atoms with Crippen LogP contribution in [0.25, 0.3) is 0 Å². The number of amides is 2. The van der Waals surface area contributed by atoms with Crippen molar-refractivity contribution in [3.63, 3.8) is 0 Å². The van der Waals surface area contributed by atoms with E-state index in [1.165, 1.54) is 0 Å². The second-order valence-corrected chi connectivity index (χ2v) is 4.06. The molecule has 0 saturated carbocycles. The number of rotatable bonds is 9. The fourth-order valence-corrected chi connectivity index (χ4v) is 1.42. The van der Waals surface area contributed by atoms with Crippen molar-refractivity contribution in [2.45, 2.75) is 37.7 Å². The summed E-state index contributed by atoms with van der Waals surface area (Å²) < 4.78 is 0. The lowest BCUT2D eigenvalue weighted by atomic mass is 9.94. The van der Waals surface area contributed by atoms with Crippen molar-refractivity contribution < 1.29 is 14.7 Å². The van der Waals surface area contributed by atoms with E-state index < -0.39 is 17.4 Å². The molecule has 18 heavy (non-hydrogen) atoms. The normalized spacial score (nSPS) is 10.9. The first-order valence-electron chi connectivity index (χ1n) is 5.68. The number of nitrogens with zero attached hydrogens (tertiary/aromatic N) is 1. The van der Waals surface area contributed by atoms with Crippen LogP contribution in [-0.4, -0.2) is 35.0 Å². The van der Waals surface area contributed by atoms with Crippen molar-refractivity contribution in [3.05, 3.63) is 0 Å².